The van der Waals surface area contributed by atoms with Crippen molar-refractivity contribution in [2.24, 2.45) is 11.8 Å². The Bertz CT molecular complexity index is 316. The van der Waals surface area contributed by atoms with Crippen LogP contribution in [0.1, 0.15) is 24.2 Å². The van der Waals surface area contributed by atoms with E-state index in [1.165, 1.54) is 25.2 Å². The van der Waals surface area contributed by atoms with E-state index in [1.807, 2.05) is 0 Å². The Kier molecular flexibility index (Phi) is 4.99. The number of hydrogen-bond acceptors (Lipinski definition) is 2. The standard InChI is InChI=1S/C7H6O2.C6H13N/c8-7(9)6-4-2-1-3-5-6;1-5-3-7-4-6(5)2/h1-5H,(H,8,9);5-7H,3-4H2,1-2H3/t;5-,6+. The molecule has 0 saturated carbocycles. The molecule has 2 atom stereocenters. The normalized spacial score (nSPS) is 23.4. The molecule has 1 heterocycles. The SMILES string of the molecule is C[C@@H]1C[NH2+]C[C@@H]1C.O=C([O-])c1ccccc1. The van der Waals surface area contributed by atoms with Gasteiger partial charge in [-0.1, -0.05) is 44.2 Å². The summed E-state index contributed by atoms with van der Waals surface area (Å²) in [4.78, 5) is 10.1. The number of benzene rings is 1. The number of hydrogen-bond donors (Lipinski definition) is 1. The van der Waals surface area contributed by atoms with Gasteiger partial charge in [-0.15, -0.1) is 0 Å². The summed E-state index contributed by atoms with van der Waals surface area (Å²) >= 11 is 0. The lowest BCUT2D eigenvalue weighted by Crippen LogP contribution is -2.81. The summed E-state index contributed by atoms with van der Waals surface area (Å²) < 4.78 is 0. The van der Waals surface area contributed by atoms with Crippen molar-refractivity contribution in [1.82, 2.24) is 0 Å². The number of carboxylic acid groups (broad SMARTS) is 1. The molecule has 0 amide bonds. The second-order valence-corrected chi connectivity index (χ2v) is 4.37. The fourth-order valence-corrected chi connectivity index (χ4v) is 1.66. The Hall–Kier alpha value is -1.35. The molecule has 88 valence electrons. The highest BCUT2D eigenvalue weighted by atomic mass is 16.4. The summed E-state index contributed by atoms with van der Waals surface area (Å²) in [6.45, 7) is 7.35. The Morgan fingerprint density at radius 2 is 1.69 bits per heavy atom. The lowest BCUT2D eigenvalue weighted by Gasteiger charge is -1.99. The molecule has 0 aromatic heterocycles. The summed E-state index contributed by atoms with van der Waals surface area (Å²) in [5, 5.41) is 12.5. The highest BCUT2D eigenvalue weighted by Crippen LogP contribution is 2.08. The minimum atomic E-state index is -1.13. The molecule has 0 unspecified atom stereocenters. The van der Waals surface area contributed by atoms with Crippen LogP contribution in [0, 0.1) is 11.8 Å². The molecular weight excluding hydrogens is 202 g/mol. The van der Waals surface area contributed by atoms with Crippen molar-refractivity contribution in [2.45, 2.75) is 13.8 Å². The van der Waals surface area contributed by atoms with Crippen molar-refractivity contribution < 1.29 is 15.2 Å². The smallest absolute Gasteiger partial charge is 0.0786 e. The highest BCUT2D eigenvalue weighted by Gasteiger charge is 2.21. The lowest BCUT2D eigenvalue weighted by molar-refractivity contribution is -0.639. The van der Waals surface area contributed by atoms with Gasteiger partial charge in [0.1, 0.15) is 0 Å². The van der Waals surface area contributed by atoms with Crippen molar-refractivity contribution >= 4 is 5.97 Å². The van der Waals surface area contributed by atoms with E-state index in [9.17, 15) is 9.90 Å². The van der Waals surface area contributed by atoms with Crippen LogP contribution in [0.3, 0.4) is 0 Å². The largest absolute Gasteiger partial charge is 0.545 e. The zero-order valence-corrected chi connectivity index (χ0v) is 9.85. The van der Waals surface area contributed by atoms with Crippen LogP contribution in [-0.2, 0) is 0 Å². The lowest BCUT2D eigenvalue weighted by atomic mass is 10.0. The van der Waals surface area contributed by atoms with Gasteiger partial charge in [-0.05, 0) is 5.56 Å². The van der Waals surface area contributed by atoms with Gasteiger partial charge in [-0.3, -0.25) is 0 Å². The molecule has 1 aromatic rings. The van der Waals surface area contributed by atoms with Crippen molar-refractivity contribution in [2.75, 3.05) is 13.1 Å². The van der Waals surface area contributed by atoms with Crippen LogP contribution in [0.4, 0.5) is 0 Å². The molecular formula is C13H19NO2. The van der Waals surface area contributed by atoms with Crippen molar-refractivity contribution in [1.29, 1.82) is 0 Å². The van der Waals surface area contributed by atoms with E-state index in [0.29, 0.717) is 0 Å². The number of carbonyl (C=O) groups excluding carboxylic acids is 1. The van der Waals surface area contributed by atoms with Crippen LogP contribution in [-0.4, -0.2) is 19.1 Å². The van der Waals surface area contributed by atoms with Gasteiger partial charge in [-0.2, -0.15) is 0 Å². The maximum atomic E-state index is 10.1. The first-order valence-electron chi connectivity index (χ1n) is 5.69. The monoisotopic (exact) mass is 221 g/mol. The summed E-state index contributed by atoms with van der Waals surface area (Å²) in [6, 6.07) is 8.06. The molecule has 2 N–H and O–H groups in total. The quantitative estimate of drug-likeness (QED) is 0.719. The molecule has 1 saturated heterocycles. The topological polar surface area (TPSA) is 56.7 Å². The van der Waals surface area contributed by atoms with Gasteiger partial charge in [0.25, 0.3) is 0 Å². The Morgan fingerprint density at radius 3 is 1.94 bits per heavy atom. The molecule has 1 aliphatic rings. The van der Waals surface area contributed by atoms with E-state index in [4.69, 9.17) is 0 Å². The van der Waals surface area contributed by atoms with Gasteiger partial charge in [0, 0.05) is 11.8 Å². The van der Waals surface area contributed by atoms with Crippen LogP contribution in [0.2, 0.25) is 0 Å². The third-order valence-electron chi connectivity index (χ3n) is 3.06. The predicted octanol–water partition coefficient (Wildman–Crippen LogP) is -0.114. The van der Waals surface area contributed by atoms with Gasteiger partial charge in [0.15, 0.2) is 0 Å². The third kappa shape index (κ3) is 4.03. The summed E-state index contributed by atoms with van der Waals surface area (Å²) in [6.07, 6.45) is 0. The zero-order valence-electron chi connectivity index (χ0n) is 9.85. The Morgan fingerprint density at radius 1 is 1.19 bits per heavy atom. The van der Waals surface area contributed by atoms with Crippen molar-refractivity contribution in [3.63, 3.8) is 0 Å². The number of aromatic carboxylic acids is 1. The maximum absolute atomic E-state index is 10.1. The molecule has 3 nitrogen and oxygen atoms in total. The molecule has 0 spiro atoms. The molecule has 3 heteroatoms. The first-order chi connectivity index (χ1) is 7.61. The maximum Gasteiger partial charge on any atom is 0.0786 e. The molecule has 0 bridgehead atoms. The van der Waals surface area contributed by atoms with E-state index in [1.54, 1.807) is 18.2 Å². The second kappa shape index (κ2) is 6.28. The number of carboxylic acids is 1. The van der Waals surface area contributed by atoms with Crippen LogP contribution < -0.4 is 10.4 Å². The van der Waals surface area contributed by atoms with E-state index < -0.39 is 5.97 Å². The number of carbonyl (C=O) groups is 1. The number of quaternary nitrogens is 1. The summed E-state index contributed by atoms with van der Waals surface area (Å²) in [5.74, 6) is 0.788. The van der Waals surface area contributed by atoms with Gasteiger partial charge < -0.3 is 15.2 Å². The second-order valence-electron chi connectivity index (χ2n) is 4.37. The number of rotatable bonds is 1. The van der Waals surface area contributed by atoms with E-state index >= 15 is 0 Å². The third-order valence-corrected chi connectivity index (χ3v) is 3.06. The molecule has 1 aliphatic heterocycles. The van der Waals surface area contributed by atoms with Gasteiger partial charge in [0.2, 0.25) is 0 Å². The fourth-order valence-electron chi connectivity index (χ4n) is 1.66. The summed E-state index contributed by atoms with van der Waals surface area (Å²) in [7, 11) is 0. The number of nitrogens with two attached hydrogens (primary N) is 1. The first-order valence-corrected chi connectivity index (χ1v) is 5.69. The van der Waals surface area contributed by atoms with Crippen LogP contribution in [0.5, 0.6) is 0 Å². The van der Waals surface area contributed by atoms with Crippen molar-refractivity contribution in [3.8, 4) is 0 Å². The predicted molar refractivity (Wildman–Crippen MR) is 60.8 cm³/mol. The van der Waals surface area contributed by atoms with E-state index in [2.05, 4.69) is 19.2 Å². The molecule has 0 aliphatic carbocycles. The Labute approximate surface area is 96.5 Å². The van der Waals surface area contributed by atoms with Crippen LogP contribution >= 0.6 is 0 Å². The van der Waals surface area contributed by atoms with Crippen molar-refractivity contribution in [3.05, 3.63) is 35.9 Å². The Balaban J connectivity index is 0.000000165. The minimum absolute atomic E-state index is 0.220. The van der Waals surface area contributed by atoms with E-state index in [0.717, 1.165) is 11.8 Å². The van der Waals surface area contributed by atoms with Crippen LogP contribution in [0.25, 0.3) is 0 Å². The molecule has 0 radical (unpaired) electrons. The van der Waals surface area contributed by atoms with Gasteiger partial charge in [-0.25, -0.2) is 0 Å². The molecule has 1 aromatic carbocycles. The molecule has 1 fully saturated rings. The zero-order chi connectivity index (χ0) is 12.0. The van der Waals surface area contributed by atoms with Crippen LogP contribution in [0.15, 0.2) is 30.3 Å². The fraction of sp³-hybridized carbons (Fsp3) is 0.462. The average Bonchev–Trinajstić information content (AvgIpc) is 2.65. The minimum Gasteiger partial charge on any atom is -0.545 e. The molecule has 2 rings (SSSR count). The van der Waals surface area contributed by atoms with E-state index in [-0.39, 0.29) is 5.56 Å². The summed E-state index contributed by atoms with van der Waals surface area (Å²) in [5.41, 5.74) is 0.220. The first kappa shape index (κ1) is 12.7. The average molecular weight is 221 g/mol. The molecule has 16 heavy (non-hydrogen) atoms. The van der Waals surface area contributed by atoms with Gasteiger partial charge in [0.05, 0.1) is 19.1 Å². The highest BCUT2D eigenvalue weighted by molar-refractivity contribution is 5.85. The van der Waals surface area contributed by atoms with Gasteiger partial charge >= 0.3 is 0 Å².